The van der Waals surface area contributed by atoms with Crippen molar-refractivity contribution >= 4 is 39.1 Å². The van der Waals surface area contributed by atoms with Crippen molar-refractivity contribution < 1.29 is 9.72 Å². The van der Waals surface area contributed by atoms with Crippen LogP contribution in [0.5, 0.6) is 0 Å². The summed E-state index contributed by atoms with van der Waals surface area (Å²) in [4.78, 5) is 24.5. The van der Waals surface area contributed by atoms with Gasteiger partial charge >= 0.3 is 0 Å². The molecule has 1 aromatic rings. The molecular formula is C13H14BrClN2O3. The Kier molecular flexibility index (Phi) is 4.99. The summed E-state index contributed by atoms with van der Waals surface area (Å²) in [5.41, 5.74) is -0.123. The van der Waals surface area contributed by atoms with Gasteiger partial charge in [0.25, 0.3) is 11.6 Å². The number of carbonyl (C=O) groups is 1. The second-order valence-electron chi connectivity index (χ2n) is 4.81. The molecule has 0 N–H and O–H groups in total. The number of nitrogens with zero attached hydrogens (tertiary/aromatic N) is 2. The van der Waals surface area contributed by atoms with Gasteiger partial charge < -0.3 is 4.90 Å². The van der Waals surface area contributed by atoms with Gasteiger partial charge in [0.2, 0.25) is 0 Å². The molecule has 1 aliphatic heterocycles. The molecule has 0 unspecified atom stereocenters. The number of nitro groups is 1. The number of likely N-dealkylation sites (tertiary alicyclic amines) is 1. The minimum atomic E-state index is -0.565. The van der Waals surface area contributed by atoms with Crippen LogP contribution in [0, 0.1) is 16.0 Å². The van der Waals surface area contributed by atoms with Gasteiger partial charge in [0, 0.05) is 29.5 Å². The highest BCUT2D eigenvalue weighted by Crippen LogP contribution is 2.26. The Hall–Kier alpha value is -1.14. The van der Waals surface area contributed by atoms with E-state index in [0.717, 1.165) is 18.2 Å². The van der Waals surface area contributed by atoms with E-state index in [1.165, 1.54) is 18.2 Å². The Morgan fingerprint density at radius 1 is 1.45 bits per heavy atom. The first kappa shape index (κ1) is 15.3. The summed E-state index contributed by atoms with van der Waals surface area (Å²) in [6.45, 7) is 1.27. The van der Waals surface area contributed by atoms with Gasteiger partial charge in [0.15, 0.2) is 0 Å². The van der Waals surface area contributed by atoms with E-state index in [1.807, 2.05) is 0 Å². The molecule has 0 radical (unpaired) electrons. The van der Waals surface area contributed by atoms with Crippen molar-refractivity contribution in [2.75, 3.05) is 18.4 Å². The molecule has 1 fully saturated rings. The lowest BCUT2D eigenvalue weighted by molar-refractivity contribution is -0.385. The maximum absolute atomic E-state index is 12.4. The minimum absolute atomic E-state index is 0.108. The van der Waals surface area contributed by atoms with Crippen LogP contribution in [0.1, 0.15) is 23.2 Å². The van der Waals surface area contributed by atoms with E-state index in [1.54, 1.807) is 4.90 Å². The number of piperidine rings is 1. The first-order valence-electron chi connectivity index (χ1n) is 6.32. The molecule has 0 spiro atoms. The molecular weight excluding hydrogens is 348 g/mol. The van der Waals surface area contributed by atoms with Crippen LogP contribution in [0.3, 0.4) is 0 Å². The molecule has 0 saturated carbocycles. The monoisotopic (exact) mass is 360 g/mol. The number of hydrogen-bond donors (Lipinski definition) is 0. The van der Waals surface area contributed by atoms with Gasteiger partial charge in [0.05, 0.1) is 4.92 Å². The number of halogens is 2. The van der Waals surface area contributed by atoms with E-state index in [-0.39, 0.29) is 22.2 Å². The average molecular weight is 362 g/mol. The number of hydrogen-bond acceptors (Lipinski definition) is 3. The molecule has 0 aromatic heterocycles. The van der Waals surface area contributed by atoms with E-state index in [0.29, 0.717) is 19.0 Å². The van der Waals surface area contributed by atoms with Crippen molar-refractivity contribution in [3.8, 4) is 0 Å². The summed E-state index contributed by atoms with van der Waals surface area (Å²) in [5, 5.41) is 12.2. The number of alkyl halides is 1. The van der Waals surface area contributed by atoms with Crippen molar-refractivity contribution in [2.24, 2.45) is 5.92 Å². The van der Waals surface area contributed by atoms with Gasteiger partial charge in [-0.2, -0.15) is 0 Å². The van der Waals surface area contributed by atoms with Gasteiger partial charge in [-0.05, 0) is 30.9 Å². The topological polar surface area (TPSA) is 63.4 Å². The molecule has 1 aliphatic rings. The lowest BCUT2D eigenvalue weighted by Gasteiger charge is -2.31. The number of amides is 1. The van der Waals surface area contributed by atoms with Crippen LogP contribution in [0.4, 0.5) is 5.69 Å². The van der Waals surface area contributed by atoms with Gasteiger partial charge in [-0.25, -0.2) is 0 Å². The Morgan fingerprint density at radius 3 is 2.65 bits per heavy atom. The summed E-state index contributed by atoms with van der Waals surface area (Å²) in [6.07, 6.45) is 1.83. The second-order valence-corrected chi connectivity index (χ2v) is 5.89. The molecule has 108 valence electrons. The molecule has 1 saturated heterocycles. The van der Waals surface area contributed by atoms with Gasteiger partial charge in [0.1, 0.15) is 5.56 Å². The normalized spacial score (nSPS) is 16.2. The fraction of sp³-hybridized carbons (Fsp3) is 0.462. The van der Waals surface area contributed by atoms with Crippen molar-refractivity contribution in [1.29, 1.82) is 0 Å². The Labute approximate surface area is 130 Å². The van der Waals surface area contributed by atoms with E-state index in [4.69, 9.17) is 11.6 Å². The summed E-state index contributed by atoms with van der Waals surface area (Å²) in [7, 11) is 0. The van der Waals surface area contributed by atoms with Gasteiger partial charge in [-0.3, -0.25) is 14.9 Å². The number of rotatable bonds is 3. The zero-order chi connectivity index (χ0) is 14.7. The standard InChI is InChI=1S/C13H14BrClN2O3/c14-8-9-3-5-16(6-4-9)13(18)11-2-1-10(15)7-12(11)17(19)20/h1-2,7,9H,3-6,8H2. The van der Waals surface area contributed by atoms with Crippen molar-refractivity contribution in [3.05, 3.63) is 38.9 Å². The third-order valence-electron chi connectivity index (χ3n) is 3.51. The van der Waals surface area contributed by atoms with Crippen LogP contribution in [0.25, 0.3) is 0 Å². The fourth-order valence-corrected chi connectivity index (χ4v) is 3.11. The summed E-state index contributed by atoms with van der Waals surface area (Å²) < 4.78 is 0. The van der Waals surface area contributed by atoms with E-state index in [9.17, 15) is 14.9 Å². The largest absolute Gasteiger partial charge is 0.338 e. The fourth-order valence-electron chi connectivity index (χ4n) is 2.30. The number of nitro benzene ring substituents is 1. The molecule has 0 bridgehead atoms. The molecule has 5 nitrogen and oxygen atoms in total. The lowest BCUT2D eigenvalue weighted by Crippen LogP contribution is -2.39. The lowest BCUT2D eigenvalue weighted by atomic mass is 9.98. The molecule has 1 heterocycles. The third-order valence-corrected chi connectivity index (χ3v) is 4.66. The van der Waals surface area contributed by atoms with Crippen molar-refractivity contribution in [1.82, 2.24) is 4.90 Å². The Morgan fingerprint density at radius 2 is 2.10 bits per heavy atom. The van der Waals surface area contributed by atoms with Crippen LogP contribution in [-0.4, -0.2) is 34.2 Å². The molecule has 0 atom stereocenters. The van der Waals surface area contributed by atoms with Crippen molar-refractivity contribution in [3.63, 3.8) is 0 Å². The molecule has 7 heteroatoms. The molecule has 20 heavy (non-hydrogen) atoms. The van der Waals surface area contributed by atoms with Crippen LogP contribution < -0.4 is 0 Å². The van der Waals surface area contributed by atoms with E-state index < -0.39 is 4.92 Å². The van der Waals surface area contributed by atoms with E-state index >= 15 is 0 Å². The predicted octanol–water partition coefficient (Wildman–Crippen LogP) is 3.50. The second kappa shape index (κ2) is 6.54. The maximum atomic E-state index is 12.4. The Balaban J connectivity index is 2.19. The average Bonchev–Trinajstić information content (AvgIpc) is 2.46. The Bertz CT molecular complexity index is 530. The van der Waals surface area contributed by atoms with Crippen LogP contribution >= 0.6 is 27.5 Å². The highest BCUT2D eigenvalue weighted by molar-refractivity contribution is 9.09. The maximum Gasteiger partial charge on any atom is 0.283 e. The van der Waals surface area contributed by atoms with Gasteiger partial charge in [-0.15, -0.1) is 0 Å². The van der Waals surface area contributed by atoms with Crippen LogP contribution in [-0.2, 0) is 0 Å². The molecule has 0 aliphatic carbocycles. The summed E-state index contributed by atoms with van der Waals surface area (Å²) in [6, 6.07) is 4.16. The smallest absolute Gasteiger partial charge is 0.283 e. The SMILES string of the molecule is O=C(c1ccc(Cl)cc1[N+](=O)[O-])N1CCC(CBr)CC1. The molecule has 1 amide bonds. The first-order valence-corrected chi connectivity index (χ1v) is 7.82. The van der Waals surface area contributed by atoms with Crippen LogP contribution in [0.15, 0.2) is 18.2 Å². The van der Waals surface area contributed by atoms with Crippen LogP contribution in [0.2, 0.25) is 5.02 Å². The minimum Gasteiger partial charge on any atom is -0.338 e. The predicted molar refractivity (Wildman–Crippen MR) is 80.5 cm³/mol. The van der Waals surface area contributed by atoms with Crippen molar-refractivity contribution in [2.45, 2.75) is 12.8 Å². The third kappa shape index (κ3) is 3.30. The number of carbonyl (C=O) groups excluding carboxylic acids is 1. The highest BCUT2D eigenvalue weighted by Gasteiger charge is 2.28. The highest BCUT2D eigenvalue weighted by atomic mass is 79.9. The zero-order valence-electron chi connectivity index (χ0n) is 10.7. The molecule has 2 rings (SSSR count). The summed E-state index contributed by atoms with van der Waals surface area (Å²) in [5.74, 6) is 0.278. The first-order chi connectivity index (χ1) is 9.52. The zero-order valence-corrected chi connectivity index (χ0v) is 13.1. The quantitative estimate of drug-likeness (QED) is 0.470. The molecule has 1 aromatic carbocycles. The van der Waals surface area contributed by atoms with E-state index in [2.05, 4.69) is 15.9 Å². The summed E-state index contributed by atoms with van der Waals surface area (Å²) >= 11 is 9.20. The number of benzene rings is 1. The van der Waals surface area contributed by atoms with Gasteiger partial charge in [-0.1, -0.05) is 27.5 Å².